The van der Waals surface area contributed by atoms with Gasteiger partial charge in [0, 0.05) is 13.1 Å². The molecule has 1 aromatic rings. The van der Waals surface area contributed by atoms with Crippen LogP contribution in [0.4, 0.5) is 4.39 Å². The van der Waals surface area contributed by atoms with Gasteiger partial charge in [-0.2, -0.15) is 0 Å². The van der Waals surface area contributed by atoms with Crippen LogP contribution in [0.3, 0.4) is 0 Å². The van der Waals surface area contributed by atoms with Crippen LogP contribution in [-0.2, 0) is 16.1 Å². The normalized spacial score (nSPS) is 21.8. The molecule has 0 aromatic heterocycles. The number of carbonyl (C=O) groups excluding carboxylic acids is 1. The molecule has 4 nitrogen and oxygen atoms in total. The van der Waals surface area contributed by atoms with Gasteiger partial charge in [-0.25, -0.2) is 4.39 Å². The molecule has 0 unspecified atom stereocenters. The van der Waals surface area contributed by atoms with Crippen molar-refractivity contribution in [3.8, 4) is 0 Å². The van der Waals surface area contributed by atoms with E-state index in [1.165, 1.54) is 12.1 Å². The van der Waals surface area contributed by atoms with Crippen LogP contribution >= 0.6 is 12.4 Å². The molecule has 1 saturated heterocycles. The van der Waals surface area contributed by atoms with Crippen molar-refractivity contribution >= 4 is 18.3 Å². The van der Waals surface area contributed by atoms with Gasteiger partial charge in [0.1, 0.15) is 11.9 Å². The molecule has 1 aromatic carbocycles. The van der Waals surface area contributed by atoms with Gasteiger partial charge in [0.05, 0.1) is 6.10 Å². The van der Waals surface area contributed by atoms with Gasteiger partial charge in [-0.05, 0) is 30.5 Å². The van der Waals surface area contributed by atoms with Gasteiger partial charge in [0.2, 0.25) is 5.91 Å². The van der Waals surface area contributed by atoms with E-state index in [1.807, 2.05) is 0 Å². The van der Waals surface area contributed by atoms with Gasteiger partial charge < -0.3 is 15.8 Å². The van der Waals surface area contributed by atoms with Crippen molar-refractivity contribution in [3.63, 3.8) is 0 Å². The maximum atomic E-state index is 12.7. The van der Waals surface area contributed by atoms with Gasteiger partial charge in [-0.1, -0.05) is 12.1 Å². The maximum Gasteiger partial charge on any atom is 0.249 e. The van der Waals surface area contributed by atoms with Crippen molar-refractivity contribution in [2.45, 2.75) is 31.6 Å². The first-order valence-corrected chi connectivity index (χ1v) is 6.06. The van der Waals surface area contributed by atoms with Crippen molar-refractivity contribution in [2.75, 3.05) is 6.54 Å². The number of rotatable bonds is 4. The molecule has 0 saturated carbocycles. The molecule has 1 fully saturated rings. The molecule has 0 spiro atoms. The van der Waals surface area contributed by atoms with Gasteiger partial charge in [0.25, 0.3) is 0 Å². The highest BCUT2D eigenvalue weighted by molar-refractivity contribution is 5.85. The van der Waals surface area contributed by atoms with Crippen LogP contribution in [0.25, 0.3) is 0 Å². The van der Waals surface area contributed by atoms with Crippen LogP contribution in [0.1, 0.15) is 18.4 Å². The van der Waals surface area contributed by atoms with E-state index in [2.05, 4.69) is 5.32 Å². The van der Waals surface area contributed by atoms with Gasteiger partial charge in [-0.3, -0.25) is 4.79 Å². The monoisotopic (exact) mass is 288 g/mol. The number of benzene rings is 1. The number of amides is 1. The molecular formula is C13H18ClFN2O2. The number of halogens is 2. The molecule has 1 heterocycles. The van der Waals surface area contributed by atoms with E-state index in [9.17, 15) is 9.18 Å². The number of hydrogen-bond donors (Lipinski definition) is 2. The van der Waals surface area contributed by atoms with E-state index in [-0.39, 0.29) is 30.2 Å². The van der Waals surface area contributed by atoms with Gasteiger partial charge in [-0.15, -0.1) is 12.4 Å². The highest BCUT2D eigenvalue weighted by Gasteiger charge is 2.29. The summed E-state index contributed by atoms with van der Waals surface area (Å²) in [6, 6.07) is 6.04. The average Bonchev–Trinajstić information content (AvgIpc) is 2.86. The van der Waals surface area contributed by atoms with Gasteiger partial charge in [0.15, 0.2) is 0 Å². The van der Waals surface area contributed by atoms with E-state index in [0.717, 1.165) is 12.0 Å². The molecule has 3 N–H and O–H groups in total. The molecule has 0 radical (unpaired) electrons. The molecule has 1 aliphatic heterocycles. The van der Waals surface area contributed by atoms with E-state index in [4.69, 9.17) is 10.5 Å². The fraction of sp³-hybridized carbons (Fsp3) is 0.462. The molecule has 106 valence electrons. The van der Waals surface area contributed by atoms with E-state index < -0.39 is 6.10 Å². The molecule has 2 rings (SSSR count). The Kier molecular flexibility index (Phi) is 6.21. The minimum atomic E-state index is -0.404. The molecule has 6 heteroatoms. The number of ether oxygens (including phenoxy) is 1. The van der Waals surface area contributed by atoms with Crippen molar-refractivity contribution < 1.29 is 13.9 Å². The first kappa shape index (κ1) is 15.9. The summed E-state index contributed by atoms with van der Waals surface area (Å²) in [4.78, 5) is 11.8. The highest BCUT2D eigenvalue weighted by Crippen LogP contribution is 2.18. The smallest absolute Gasteiger partial charge is 0.249 e. The second-order valence-corrected chi connectivity index (χ2v) is 4.40. The Morgan fingerprint density at radius 1 is 1.37 bits per heavy atom. The topological polar surface area (TPSA) is 64.4 Å². The molecule has 19 heavy (non-hydrogen) atoms. The zero-order valence-electron chi connectivity index (χ0n) is 10.5. The summed E-state index contributed by atoms with van der Waals surface area (Å²) in [5.41, 5.74) is 6.34. The summed E-state index contributed by atoms with van der Waals surface area (Å²) >= 11 is 0. The summed E-state index contributed by atoms with van der Waals surface area (Å²) in [5, 5.41) is 2.78. The lowest BCUT2D eigenvalue weighted by molar-refractivity contribution is -0.132. The fourth-order valence-electron chi connectivity index (χ4n) is 1.98. The van der Waals surface area contributed by atoms with Crippen LogP contribution < -0.4 is 11.1 Å². The fourth-order valence-corrected chi connectivity index (χ4v) is 1.98. The summed E-state index contributed by atoms with van der Waals surface area (Å²) in [5.74, 6) is -0.412. The zero-order valence-corrected chi connectivity index (χ0v) is 11.3. The predicted octanol–water partition coefficient (Wildman–Crippen LogP) is 1.37. The Morgan fingerprint density at radius 2 is 2.05 bits per heavy atom. The van der Waals surface area contributed by atoms with Crippen LogP contribution in [-0.4, -0.2) is 24.7 Å². The molecule has 2 atom stereocenters. The van der Waals surface area contributed by atoms with Crippen molar-refractivity contribution in [1.82, 2.24) is 5.32 Å². The Morgan fingerprint density at radius 3 is 2.63 bits per heavy atom. The molecule has 0 aliphatic carbocycles. The van der Waals surface area contributed by atoms with Crippen LogP contribution in [0.15, 0.2) is 24.3 Å². The van der Waals surface area contributed by atoms with Crippen LogP contribution in [0.5, 0.6) is 0 Å². The summed E-state index contributed by atoms with van der Waals surface area (Å²) in [6.45, 7) is 0.827. The number of carbonyl (C=O) groups is 1. The van der Waals surface area contributed by atoms with Crippen molar-refractivity contribution in [1.29, 1.82) is 0 Å². The standard InChI is InChI=1S/C13H17FN2O2.ClH/c14-10-3-1-9(2-4-10)8-16-13(17)12-6-5-11(7-15)18-12;/h1-4,11-12H,5-8,15H2,(H,16,17);1H/t11-,12+;/m1./s1. The van der Waals surface area contributed by atoms with Crippen LogP contribution in [0.2, 0.25) is 0 Å². The minimum Gasteiger partial charge on any atom is -0.364 e. The third-order valence-corrected chi connectivity index (χ3v) is 3.04. The minimum absolute atomic E-state index is 0. The second-order valence-electron chi connectivity index (χ2n) is 4.40. The lowest BCUT2D eigenvalue weighted by atomic mass is 10.2. The Labute approximate surface area is 117 Å². The Bertz CT molecular complexity index is 414. The first-order valence-electron chi connectivity index (χ1n) is 6.06. The van der Waals surface area contributed by atoms with Crippen LogP contribution in [0, 0.1) is 5.82 Å². The lowest BCUT2D eigenvalue weighted by Crippen LogP contribution is -2.35. The SMILES string of the molecule is Cl.NC[C@H]1CC[C@@H](C(=O)NCc2ccc(F)cc2)O1. The number of nitrogens with one attached hydrogen (secondary N) is 1. The third-order valence-electron chi connectivity index (χ3n) is 3.04. The van der Waals surface area contributed by atoms with Crippen molar-refractivity contribution in [2.24, 2.45) is 5.73 Å². The van der Waals surface area contributed by atoms with E-state index in [0.29, 0.717) is 19.5 Å². The highest BCUT2D eigenvalue weighted by atomic mass is 35.5. The maximum absolute atomic E-state index is 12.7. The molecule has 1 aliphatic rings. The zero-order chi connectivity index (χ0) is 13.0. The van der Waals surface area contributed by atoms with Crippen molar-refractivity contribution in [3.05, 3.63) is 35.6 Å². The second kappa shape index (κ2) is 7.43. The Hall–Kier alpha value is -1.17. The summed E-state index contributed by atoms with van der Waals surface area (Å²) in [7, 11) is 0. The lowest BCUT2D eigenvalue weighted by Gasteiger charge is -2.12. The third kappa shape index (κ3) is 4.45. The summed E-state index contributed by atoms with van der Waals surface area (Å²) in [6.07, 6.45) is 1.12. The van der Waals surface area contributed by atoms with E-state index >= 15 is 0 Å². The average molecular weight is 289 g/mol. The number of nitrogens with two attached hydrogens (primary N) is 1. The first-order chi connectivity index (χ1) is 8.69. The quantitative estimate of drug-likeness (QED) is 0.879. The number of hydrogen-bond acceptors (Lipinski definition) is 3. The largest absolute Gasteiger partial charge is 0.364 e. The van der Waals surface area contributed by atoms with Gasteiger partial charge >= 0.3 is 0 Å². The predicted molar refractivity (Wildman–Crippen MR) is 72.4 cm³/mol. The molecule has 0 bridgehead atoms. The van der Waals surface area contributed by atoms with E-state index in [1.54, 1.807) is 12.1 Å². The molecule has 1 amide bonds. The Balaban J connectivity index is 0.00000180. The molecular weight excluding hydrogens is 271 g/mol. The summed E-state index contributed by atoms with van der Waals surface area (Å²) < 4.78 is 18.2.